The summed E-state index contributed by atoms with van der Waals surface area (Å²) in [6.45, 7) is 7.02. The van der Waals surface area contributed by atoms with E-state index in [1.165, 1.54) is 14.0 Å². The van der Waals surface area contributed by atoms with E-state index >= 15 is 0 Å². The van der Waals surface area contributed by atoms with Gasteiger partial charge in [0, 0.05) is 7.11 Å². The van der Waals surface area contributed by atoms with Gasteiger partial charge in [-0.25, -0.2) is 0 Å². The third kappa shape index (κ3) is 2.91. The number of carbonyl (C=O) groups is 1. The highest BCUT2D eigenvalue weighted by molar-refractivity contribution is 5.81. The maximum atomic E-state index is 11.0. The lowest BCUT2D eigenvalue weighted by atomic mass is 9.85. The van der Waals surface area contributed by atoms with E-state index in [1.807, 2.05) is 20.8 Å². The van der Waals surface area contributed by atoms with Crippen molar-refractivity contribution in [1.29, 1.82) is 0 Å². The molecule has 0 heterocycles. The summed E-state index contributed by atoms with van der Waals surface area (Å²) in [5.74, 6) is -0.139. The molecule has 0 aromatic rings. The molecule has 0 amide bonds. The molecule has 0 bridgehead atoms. The molecule has 0 rings (SSSR count). The predicted octanol–water partition coefficient (Wildman–Crippen LogP) is 0.997. The summed E-state index contributed by atoms with van der Waals surface area (Å²) in [5.41, 5.74) is -0.327. The van der Waals surface area contributed by atoms with Crippen molar-refractivity contribution in [3.05, 3.63) is 0 Å². The number of Topliss-reactive ketones (excluding diaryl/α,β-unsaturated/α-hetero) is 1. The number of ketones is 1. The summed E-state index contributed by atoms with van der Waals surface area (Å²) in [6, 6.07) is 0. The van der Waals surface area contributed by atoms with Crippen LogP contribution in [0.5, 0.6) is 0 Å². The lowest BCUT2D eigenvalue weighted by molar-refractivity contribution is -0.139. The highest BCUT2D eigenvalue weighted by Crippen LogP contribution is 2.23. The molecule has 12 heavy (non-hydrogen) atoms. The normalized spacial score (nSPS) is 17.2. The first kappa shape index (κ1) is 11.6. The highest BCUT2D eigenvalue weighted by atomic mass is 16.5. The largest absolute Gasteiger partial charge is 0.389 e. The third-order valence-corrected chi connectivity index (χ3v) is 1.83. The fraction of sp³-hybridized carbons (Fsp3) is 0.889. The Balaban J connectivity index is 4.42. The molecule has 0 aromatic carbocycles. The van der Waals surface area contributed by atoms with Gasteiger partial charge in [0.05, 0.1) is 6.10 Å². The van der Waals surface area contributed by atoms with Gasteiger partial charge in [-0.05, 0) is 12.3 Å². The topological polar surface area (TPSA) is 46.5 Å². The number of rotatable bonds is 3. The molecule has 0 aliphatic carbocycles. The first-order chi connectivity index (χ1) is 5.30. The molecule has 0 fully saturated rings. The van der Waals surface area contributed by atoms with Crippen molar-refractivity contribution in [3.8, 4) is 0 Å². The fourth-order valence-corrected chi connectivity index (χ4v) is 0.971. The molecule has 0 spiro atoms. The Kier molecular flexibility index (Phi) is 3.87. The van der Waals surface area contributed by atoms with Gasteiger partial charge in [0.15, 0.2) is 5.78 Å². The molecular formula is C9H18O3. The van der Waals surface area contributed by atoms with Crippen molar-refractivity contribution in [2.75, 3.05) is 7.11 Å². The van der Waals surface area contributed by atoms with E-state index in [9.17, 15) is 9.90 Å². The Hall–Kier alpha value is -0.410. The minimum Gasteiger partial charge on any atom is -0.389 e. The number of aliphatic hydroxyl groups excluding tert-OH is 1. The van der Waals surface area contributed by atoms with Crippen LogP contribution >= 0.6 is 0 Å². The molecule has 72 valence electrons. The summed E-state index contributed by atoms with van der Waals surface area (Å²) in [4.78, 5) is 11.0. The molecule has 1 N–H and O–H groups in total. The standard InChI is InChI=1S/C9H18O3/c1-6(10)7(12-5)8(11)9(2,3)4/h7-8,11H,1-5H3/t7-,8-/m1/s1. The van der Waals surface area contributed by atoms with Crippen molar-refractivity contribution in [1.82, 2.24) is 0 Å². The van der Waals surface area contributed by atoms with Crippen LogP contribution in [0.4, 0.5) is 0 Å². The Morgan fingerprint density at radius 2 is 1.83 bits per heavy atom. The van der Waals surface area contributed by atoms with E-state index in [0.717, 1.165) is 0 Å². The van der Waals surface area contributed by atoms with E-state index in [1.54, 1.807) is 0 Å². The molecule has 0 aliphatic rings. The maximum absolute atomic E-state index is 11.0. The van der Waals surface area contributed by atoms with Crippen LogP contribution in [0.25, 0.3) is 0 Å². The number of hydrogen-bond donors (Lipinski definition) is 1. The molecule has 0 aliphatic heterocycles. The molecule has 0 saturated carbocycles. The zero-order valence-corrected chi connectivity index (χ0v) is 8.42. The predicted molar refractivity (Wildman–Crippen MR) is 46.9 cm³/mol. The van der Waals surface area contributed by atoms with E-state index in [2.05, 4.69) is 0 Å². The van der Waals surface area contributed by atoms with Gasteiger partial charge in [-0.1, -0.05) is 20.8 Å². The molecule has 0 unspecified atom stereocenters. The zero-order valence-electron chi connectivity index (χ0n) is 8.42. The second-order valence-corrected chi connectivity index (χ2v) is 4.08. The SMILES string of the molecule is CO[C@H](C(C)=O)[C@@H](O)C(C)(C)C. The number of ether oxygens (including phenoxy) is 1. The van der Waals surface area contributed by atoms with Crippen molar-refractivity contribution >= 4 is 5.78 Å². The minimum absolute atomic E-state index is 0.139. The van der Waals surface area contributed by atoms with Gasteiger partial charge in [0.25, 0.3) is 0 Å². The van der Waals surface area contributed by atoms with Crippen LogP contribution in [0.1, 0.15) is 27.7 Å². The molecule has 0 aromatic heterocycles. The Labute approximate surface area is 73.7 Å². The number of hydrogen-bond acceptors (Lipinski definition) is 3. The van der Waals surface area contributed by atoms with Crippen LogP contribution < -0.4 is 0 Å². The van der Waals surface area contributed by atoms with Crippen molar-refractivity contribution in [3.63, 3.8) is 0 Å². The van der Waals surface area contributed by atoms with Gasteiger partial charge in [-0.15, -0.1) is 0 Å². The molecule has 2 atom stereocenters. The highest BCUT2D eigenvalue weighted by Gasteiger charge is 2.33. The Morgan fingerprint density at radius 1 is 1.42 bits per heavy atom. The fourth-order valence-electron chi connectivity index (χ4n) is 0.971. The molecule has 0 radical (unpaired) electrons. The van der Waals surface area contributed by atoms with E-state index in [-0.39, 0.29) is 11.2 Å². The summed E-state index contributed by atoms with van der Waals surface area (Å²) in [6.07, 6.45) is -1.45. The lowest BCUT2D eigenvalue weighted by Crippen LogP contribution is -2.42. The number of carbonyl (C=O) groups excluding carboxylic acids is 1. The van der Waals surface area contributed by atoms with Crippen LogP contribution in [-0.4, -0.2) is 30.2 Å². The van der Waals surface area contributed by atoms with Crippen LogP contribution in [0.3, 0.4) is 0 Å². The summed E-state index contributed by atoms with van der Waals surface area (Å²) < 4.78 is 4.90. The zero-order chi connectivity index (χ0) is 9.94. The van der Waals surface area contributed by atoms with Gasteiger partial charge in [-0.3, -0.25) is 4.79 Å². The number of aliphatic hydroxyl groups is 1. The van der Waals surface area contributed by atoms with Crippen molar-refractivity contribution < 1.29 is 14.6 Å². The first-order valence-electron chi connectivity index (χ1n) is 4.02. The third-order valence-electron chi connectivity index (χ3n) is 1.83. The van der Waals surface area contributed by atoms with E-state index in [0.29, 0.717) is 0 Å². The molecular weight excluding hydrogens is 156 g/mol. The second kappa shape index (κ2) is 4.01. The van der Waals surface area contributed by atoms with Crippen LogP contribution in [0.2, 0.25) is 0 Å². The summed E-state index contributed by atoms with van der Waals surface area (Å²) in [7, 11) is 1.43. The van der Waals surface area contributed by atoms with Gasteiger partial charge in [0.2, 0.25) is 0 Å². The minimum atomic E-state index is -0.750. The van der Waals surface area contributed by atoms with Gasteiger partial charge in [0.1, 0.15) is 6.10 Å². The number of methoxy groups -OCH3 is 1. The molecule has 3 heteroatoms. The van der Waals surface area contributed by atoms with Crippen molar-refractivity contribution in [2.24, 2.45) is 5.41 Å². The molecule has 0 saturated heterocycles. The maximum Gasteiger partial charge on any atom is 0.161 e. The average molecular weight is 174 g/mol. The lowest BCUT2D eigenvalue weighted by Gasteiger charge is -2.30. The molecule has 3 nitrogen and oxygen atoms in total. The summed E-state index contributed by atoms with van der Waals surface area (Å²) in [5, 5.41) is 9.67. The van der Waals surface area contributed by atoms with Gasteiger partial charge < -0.3 is 9.84 Å². The Bertz CT molecular complexity index is 158. The monoisotopic (exact) mass is 174 g/mol. The van der Waals surface area contributed by atoms with Crippen LogP contribution in [0, 0.1) is 5.41 Å². The van der Waals surface area contributed by atoms with Gasteiger partial charge in [-0.2, -0.15) is 0 Å². The Morgan fingerprint density at radius 3 is 1.92 bits per heavy atom. The van der Waals surface area contributed by atoms with Crippen LogP contribution in [0.15, 0.2) is 0 Å². The van der Waals surface area contributed by atoms with Gasteiger partial charge >= 0.3 is 0 Å². The summed E-state index contributed by atoms with van der Waals surface area (Å²) >= 11 is 0. The van der Waals surface area contributed by atoms with E-state index in [4.69, 9.17) is 4.74 Å². The second-order valence-electron chi connectivity index (χ2n) is 4.08. The van der Waals surface area contributed by atoms with E-state index < -0.39 is 12.2 Å². The van der Waals surface area contributed by atoms with Crippen LogP contribution in [-0.2, 0) is 9.53 Å². The first-order valence-corrected chi connectivity index (χ1v) is 4.02. The average Bonchev–Trinajstić information content (AvgIpc) is 1.86. The smallest absolute Gasteiger partial charge is 0.161 e. The van der Waals surface area contributed by atoms with Crippen molar-refractivity contribution in [2.45, 2.75) is 39.9 Å². The quantitative estimate of drug-likeness (QED) is 0.694.